The third-order valence-corrected chi connectivity index (χ3v) is 4.09. The summed E-state index contributed by atoms with van der Waals surface area (Å²) in [5.74, 6) is -0.366. The second-order valence-electron chi connectivity index (χ2n) is 5.44. The highest BCUT2D eigenvalue weighted by Gasteiger charge is 2.29. The van der Waals surface area contributed by atoms with Gasteiger partial charge in [-0.05, 0) is 37.3 Å². The molecule has 0 aromatic heterocycles. The molecule has 104 valence electrons. The van der Waals surface area contributed by atoms with Crippen molar-refractivity contribution in [1.82, 2.24) is 5.32 Å². The van der Waals surface area contributed by atoms with Gasteiger partial charge in [0.25, 0.3) is 0 Å². The first-order valence-electron chi connectivity index (χ1n) is 7.25. The van der Waals surface area contributed by atoms with Crippen molar-refractivity contribution in [2.24, 2.45) is 11.8 Å². The minimum Gasteiger partial charge on any atom is -0.481 e. The fourth-order valence-corrected chi connectivity index (χ4v) is 2.99. The largest absolute Gasteiger partial charge is 0.481 e. The second kappa shape index (κ2) is 7.29. The van der Waals surface area contributed by atoms with E-state index >= 15 is 0 Å². The van der Waals surface area contributed by atoms with Crippen LogP contribution in [0.3, 0.4) is 0 Å². The molecular weight excluding hydrogens is 238 g/mol. The van der Waals surface area contributed by atoms with Crippen LogP contribution in [0.2, 0.25) is 0 Å². The molecular formula is C16H23NO2. The highest BCUT2D eigenvalue weighted by Crippen LogP contribution is 2.32. The number of rotatable bonds is 6. The minimum absolute atomic E-state index is 0.118. The fraction of sp³-hybridized carbons (Fsp3) is 0.562. The van der Waals surface area contributed by atoms with Crippen molar-refractivity contribution < 1.29 is 9.90 Å². The number of carboxylic acids is 1. The first-order chi connectivity index (χ1) is 9.27. The van der Waals surface area contributed by atoms with Gasteiger partial charge in [0, 0.05) is 6.54 Å². The highest BCUT2D eigenvalue weighted by atomic mass is 16.4. The zero-order valence-corrected chi connectivity index (χ0v) is 11.3. The van der Waals surface area contributed by atoms with E-state index < -0.39 is 5.97 Å². The van der Waals surface area contributed by atoms with Crippen molar-refractivity contribution in [3.05, 3.63) is 35.9 Å². The molecule has 1 aromatic carbocycles. The lowest BCUT2D eigenvalue weighted by molar-refractivity contribution is -0.145. The van der Waals surface area contributed by atoms with Gasteiger partial charge in [0.15, 0.2) is 0 Å². The molecule has 2 N–H and O–H groups in total. The lowest BCUT2D eigenvalue weighted by Crippen LogP contribution is -2.29. The minimum atomic E-state index is -0.604. The zero-order chi connectivity index (χ0) is 13.5. The smallest absolute Gasteiger partial charge is 0.306 e. The van der Waals surface area contributed by atoms with E-state index in [1.165, 1.54) is 12.0 Å². The molecule has 0 aliphatic heterocycles. The number of aliphatic carboxylic acids is 1. The van der Waals surface area contributed by atoms with Crippen LogP contribution in [0.5, 0.6) is 0 Å². The van der Waals surface area contributed by atoms with Gasteiger partial charge in [-0.2, -0.15) is 0 Å². The molecule has 2 unspecified atom stereocenters. The van der Waals surface area contributed by atoms with Crippen molar-refractivity contribution >= 4 is 5.97 Å². The second-order valence-corrected chi connectivity index (χ2v) is 5.44. The third kappa shape index (κ3) is 4.35. The van der Waals surface area contributed by atoms with Crippen LogP contribution >= 0.6 is 0 Å². The summed E-state index contributed by atoms with van der Waals surface area (Å²) in [5.41, 5.74) is 1.28. The summed E-state index contributed by atoms with van der Waals surface area (Å²) in [5, 5.41) is 12.6. The molecule has 2 rings (SSSR count). The number of hydrogen-bond acceptors (Lipinski definition) is 2. The Hall–Kier alpha value is -1.35. The summed E-state index contributed by atoms with van der Waals surface area (Å²) in [4.78, 5) is 11.2. The Bertz CT molecular complexity index is 391. The lowest BCUT2D eigenvalue weighted by Gasteiger charge is -2.28. The summed E-state index contributed by atoms with van der Waals surface area (Å²) in [7, 11) is 0. The van der Waals surface area contributed by atoms with Gasteiger partial charge in [-0.25, -0.2) is 0 Å². The monoisotopic (exact) mass is 261 g/mol. The van der Waals surface area contributed by atoms with Gasteiger partial charge >= 0.3 is 5.97 Å². The molecule has 3 heteroatoms. The van der Waals surface area contributed by atoms with Crippen LogP contribution in [-0.4, -0.2) is 17.6 Å². The van der Waals surface area contributed by atoms with E-state index in [0.29, 0.717) is 5.92 Å². The van der Waals surface area contributed by atoms with Crippen LogP contribution in [0, 0.1) is 11.8 Å². The van der Waals surface area contributed by atoms with Gasteiger partial charge in [-0.15, -0.1) is 0 Å². The summed E-state index contributed by atoms with van der Waals surface area (Å²) in [6.45, 7) is 1.77. The van der Waals surface area contributed by atoms with E-state index in [9.17, 15) is 9.90 Å². The van der Waals surface area contributed by atoms with Gasteiger partial charge in [0.2, 0.25) is 0 Å². The number of carboxylic acid groups (broad SMARTS) is 1. The van der Waals surface area contributed by atoms with Gasteiger partial charge in [0.1, 0.15) is 0 Å². The molecule has 19 heavy (non-hydrogen) atoms. The van der Waals surface area contributed by atoms with Crippen molar-refractivity contribution in [3.8, 4) is 0 Å². The van der Waals surface area contributed by atoms with E-state index in [4.69, 9.17) is 0 Å². The molecule has 0 spiro atoms. The first kappa shape index (κ1) is 14.1. The molecule has 0 amide bonds. The number of nitrogens with one attached hydrogen (secondary N) is 1. The summed E-state index contributed by atoms with van der Waals surface area (Å²) < 4.78 is 0. The Kier molecular flexibility index (Phi) is 5.40. The Morgan fingerprint density at radius 1 is 1.21 bits per heavy atom. The maximum absolute atomic E-state index is 11.2. The zero-order valence-electron chi connectivity index (χ0n) is 11.3. The van der Waals surface area contributed by atoms with Crippen molar-refractivity contribution in [2.75, 3.05) is 6.54 Å². The highest BCUT2D eigenvalue weighted by molar-refractivity contribution is 5.70. The summed E-state index contributed by atoms with van der Waals surface area (Å²) in [6.07, 6.45) is 5.17. The SMILES string of the molecule is O=C(O)C1CCCCC1CCNCc1ccccc1. The van der Waals surface area contributed by atoms with Crippen LogP contribution in [0.4, 0.5) is 0 Å². The molecule has 0 heterocycles. The van der Waals surface area contributed by atoms with Crippen molar-refractivity contribution in [1.29, 1.82) is 0 Å². The van der Waals surface area contributed by atoms with E-state index in [1.807, 2.05) is 18.2 Å². The third-order valence-electron chi connectivity index (χ3n) is 4.09. The average Bonchev–Trinajstić information content (AvgIpc) is 2.45. The number of carbonyl (C=O) groups is 1. The summed E-state index contributed by atoms with van der Waals surface area (Å²) >= 11 is 0. The molecule has 1 fully saturated rings. The van der Waals surface area contributed by atoms with Crippen LogP contribution in [0.15, 0.2) is 30.3 Å². The fourth-order valence-electron chi connectivity index (χ4n) is 2.99. The number of benzene rings is 1. The topological polar surface area (TPSA) is 49.3 Å². The first-order valence-corrected chi connectivity index (χ1v) is 7.25. The van der Waals surface area contributed by atoms with Gasteiger partial charge in [0.05, 0.1) is 5.92 Å². The molecule has 0 bridgehead atoms. The Morgan fingerprint density at radius 3 is 2.68 bits per heavy atom. The summed E-state index contributed by atoms with van der Waals surface area (Å²) in [6, 6.07) is 10.3. The molecule has 1 aromatic rings. The van der Waals surface area contributed by atoms with E-state index in [0.717, 1.165) is 38.8 Å². The van der Waals surface area contributed by atoms with Crippen LogP contribution in [0.1, 0.15) is 37.7 Å². The molecule has 2 atom stereocenters. The van der Waals surface area contributed by atoms with Gasteiger partial charge < -0.3 is 10.4 Å². The van der Waals surface area contributed by atoms with E-state index in [-0.39, 0.29) is 5.92 Å². The quantitative estimate of drug-likeness (QED) is 0.774. The predicted molar refractivity (Wildman–Crippen MR) is 75.8 cm³/mol. The van der Waals surface area contributed by atoms with Crippen LogP contribution in [-0.2, 0) is 11.3 Å². The number of hydrogen-bond donors (Lipinski definition) is 2. The molecule has 1 aliphatic carbocycles. The van der Waals surface area contributed by atoms with Gasteiger partial charge in [-0.3, -0.25) is 4.79 Å². The van der Waals surface area contributed by atoms with E-state index in [1.54, 1.807) is 0 Å². The van der Waals surface area contributed by atoms with Gasteiger partial charge in [-0.1, -0.05) is 43.2 Å². The van der Waals surface area contributed by atoms with Crippen LogP contribution < -0.4 is 5.32 Å². The maximum atomic E-state index is 11.2. The Labute approximate surface area is 115 Å². The molecule has 0 saturated heterocycles. The average molecular weight is 261 g/mol. The Balaban J connectivity index is 1.71. The van der Waals surface area contributed by atoms with Crippen molar-refractivity contribution in [2.45, 2.75) is 38.6 Å². The molecule has 0 radical (unpaired) electrons. The Morgan fingerprint density at radius 2 is 1.95 bits per heavy atom. The standard InChI is InChI=1S/C16H23NO2/c18-16(19)15-9-5-4-8-14(15)10-11-17-12-13-6-2-1-3-7-13/h1-3,6-7,14-15,17H,4-5,8-12H2,(H,18,19). The van der Waals surface area contributed by atoms with E-state index in [2.05, 4.69) is 17.4 Å². The lowest BCUT2D eigenvalue weighted by atomic mass is 9.77. The van der Waals surface area contributed by atoms with Crippen molar-refractivity contribution in [3.63, 3.8) is 0 Å². The molecule has 1 saturated carbocycles. The molecule has 3 nitrogen and oxygen atoms in total. The molecule has 1 aliphatic rings. The van der Waals surface area contributed by atoms with Crippen LogP contribution in [0.25, 0.3) is 0 Å². The normalized spacial score (nSPS) is 23.2. The predicted octanol–water partition coefficient (Wildman–Crippen LogP) is 3.06. The maximum Gasteiger partial charge on any atom is 0.306 e.